The first kappa shape index (κ1) is 27.4. The average Bonchev–Trinajstić information content (AvgIpc) is 3.15. The number of aliphatic carboxylic acids is 1. The molecule has 5 rings (SSSR count). The molecule has 0 amide bonds. The number of carboxylic acid groups (broad SMARTS) is 1. The Kier molecular flexibility index (Phi) is 7.13. The lowest BCUT2D eigenvalue weighted by Crippen LogP contribution is -2.42. The molecule has 210 valence electrons. The summed E-state index contributed by atoms with van der Waals surface area (Å²) in [7, 11) is 1.78. The molecule has 0 radical (unpaired) electrons. The summed E-state index contributed by atoms with van der Waals surface area (Å²) >= 11 is 0. The molecule has 2 aromatic heterocycles. The summed E-state index contributed by atoms with van der Waals surface area (Å²) in [6.07, 6.45) is -6.87. The Morgan fingerprint density at radius 1 is 1.18 bits per heavy atom. The first-order valence-corrected chi connectivity index (χ1v) is 12.7. The fraction of sp³-hybridized carbons (Fsp3) is 0.357. The van der Waals surface area contributed by atoms with Gasteiger partial charge in [0.2, 0.25) is 12.0 Å². The third kappa shape index (κ3) is 5.44. The van der Waals surface area contributed by atoms with Crippen LogP contribution < -0.4 is 4.74 Å². The Balaban J connectivity index is 1.51. The number of hydrogen-bond acceptors (Lipinski definition) is 7. The van der Waals surface area contributed by atoms with Gasteiger partial charge in [-0.1, -0.05) is 29.5 Å². The van der Waals surface area contributed by atoms with Crippen molar-refractivity contribution < 1.29 is 32.9 Å². The van der Waals surface area contributed by atoms with Gasteiger partial charge in [-0.05, 0) is 53.8 Å². The lowest BCUT2D eigenvalue weighted by Gasteiger charge is -2.26. The Labute approximate surface area is 227 Å². The SMILES string of the molecule is Cc1ccc([C@@H](CC(=O)O)c2ccc3c(nnn3C)c2C)cc1CN1Cc2nc(O)ccc2O[C@@H](C(F)(F)F)C1. The van der Waals surface area contributed by atoms with Gasteiger partial charge in [0.05, 0.1) is 11.9 Å². The predicted octanol–water partition coefficient (Wildman–Crippen LogP) is 4.62. The van der Waals surface area contributed by atoms with E-state index >= 15 is 0 Å². The smallest absolute Gasteiger partial charge is 0.426 e. The van der Waals surface area contributed by atoms with Crippen molar-refractivity contribution >= 4 is 17.0 Å². The number of aromatic hydroxyl groups is 1. The quantitative estimate of drug-likeness (QED) is 0.355. The van der Waals surface area contributed by atoms with E-state index in [4.69, 9.17) is 4.74 Å². The van der Waals surface area contributed by atoms with Crippen LogP contribution in [0.2, 0.25) is 0 Å². The number of aryl methyl sites for hydroxylation is 3. The van der Waals surface area contributed by atoms with Crippen LogP contribution >= 0.6 is 0 Å². The lowest BCUT2D eigenvalue weighted by atomic mass is 9.84. The molecule has 3 heterocycles. The van der Waals surface area contributed by atoms with Crippen LogP contribution in [0.5, 0.6) is 11.6 Å². The van der Waals surface area contributed by atoms with Crippen molar-refractivity contribution in [2.75, 3.05) is 6.54 Å². The number of halogens is 3. The maximum Gasteiger partial charge on any atom is 0.426 e. The van der Waals surface area contributed by atoms with Gasteiger partial charge in [0.1, 0.15) is 17.0 Å². The van der Waals surface area contributed by atoms with E-state index in [0.717, 1.165) is 33.3 Å². The van der Waals surface area contributed by atoms with Gasteiger partial charge in [-0.2, -0.15) is 13.2 Å². The van der Waals surface area contributed by atoms with Crippen LogP contribution in [0.3, 0.4) is 0 Å². The van der Waals surface area contributed by atoms with Crippen LogP contribution in [0.15, 0.2) is 42.5 Å². The monoisotopic (exact) mass is 555 g/mol. The summed E-state index contributed by atoms with van der Waals surface area (Å²) in [6.45, 7) is 3.46. The number of hydrogen-bond donors (Lipinski definition) is 2. The number of nitrogens with zero attached hydrogens (tertiary/aromatic N) is 5. The third-order valence-electron chi connectivity index (χ3n) is 7.35. The van der Waals surface area contributed by atoms with Gasteiger partial charge >= 0.3 is 12.1 Å². The molecule has 0 saturated carbocycles. The summed E-state index contributed by atoms with van der Waals surface area (Å²) in [4.78, 5) is 17.5. The molecule has 0 unspecified atom stereocenters. The van der Waals surface area contributed by atoms with Gasteiger partial charge < -0.3 is 14.9 Å². The van der Waals surface area contributed by atoms with E-state index < -0.39 is 30.7 Å². The zero-order valence-electron chi connectivity index (χ0n) is 22.1. The Morgan fingerprint density at radius 2 is 1.95 bits per heavy atom. The van der Waals surface area contributed by atoms with Crippen molar-refractivity contribution in [2.45, 2.75) is 51.6 Å². The fourth-order valence-corrected chi connectivity index (χ4v) is 5.22. The van der Waals surface area contributed by atoms with Gasteiger partial charge in [0.15, 0.2) is 0 Å². The Bertz CT molecular complexity index is 1590. The Hall–Kier alpha value is -4.19. The number of benzene rings is 2. The molecule has 0 bridgehead atoms. The molecule has 9 nitrogen and oxygen atoms in total. The van der Waals surface area contributed by atoms with Crippen LogP contribution in [0.1, 0.15) is 45.8 Å². The van der Waals surface area contributed by atoms with Gasteiger partial charge in [-0.25, -0.2) is 9.67 Å². The minimum atomic E-state index is -4.61. The summed E-state index contributed by atoms with van der Waals surface area (Å²) in [5.74, 6) is -1.83. The first-order valence-electron chi connectivity index (χ1n) is 12.7. The van der Waals surface area contributed by atoms with Gasteiger partial charge in [0, 0.05) is 38.7 Å². The molecule has 0 spiro atoms. The topological polar surface area (TPSA) is 114 Å². The van der Waals surface area contributed by atoms with Gasteiger partial charge in [-0.3, -0.25) is 9.69 Å². The van der Waals surface area contributed by atoms with Crippen LogP contribution in [0, 0.1) is 13.8 Å². The van der Waals surface area contributed by atoms with E-state index in [9.17, 15) is 28.2 Å². The van der Waals surface area contributed by atoms with E-state index in [2.05, 4.69) is 15.3 Å². The molecular formula is C28H28F3N5O4. The highest BCUT2D eigenvalue weighted by molar-refractivity contribution is 5.80. The molecule has 12 heteroatoms. The molecule has 2 N–H and O–H groups in total. The zero-order valence-corrected chi connectivity index (χ0v) is 22.1. The van der Waals surface area contributed by atoms with Gasteiger partial charge in [-0.15, -0.1) is 5.10 Å². The highest BCUT2D eigenvalue weighted by atomic mass is 19.4. The highest BCUT2D eigenvalue weighted by Crippen LogP contribution is 2.36. The lowest BCUT2D eigenvalue weighted by molar-refractivity contribution is -0.198. The standard InChI is InChI=1S/C28H28F3N5O4/c1-15-4-5-17(20(11-26(38)39)19-6-7-22-27(16(19)2)33-34-35(22)3)10-18(15)12-36-13-21-23(8-9-25(37)32-21)40-24(14-36)28(29,30)31/h4-10,20,24H,11-14H2,1-3H3,(H,32,37)(H,38,39)/t20-,24-/m1/s1. The minimum absolute atomic E-state index is 0.0236. The molecule has 40 heavy (non-hydrogen) atoms. The largest absolute Gasteiger partial charge is 0.493 e. The number of fused-ring (bicyclic) bond motifs is 2. The van der Waals surface area contributed by atoms with Crippen molar-refractivity contribution in [2.24, 2.45) is 7.05 Å². The molecule has 0 aliphatic carbocycles. The number of aromatic nitrogens is 4. The maximum atomic E-state index is 13.8. The number of rotatable bonds is 6. The van der Waals surface area contributed by atoms with Crippen LogP contribution in [-0.2, 0) is 24.9 Å². The van der Waals surface area contributed by atoms with Gasteiger partial charge in [0.25, 0.3) is 0 Å². The number of pyridine rings is 1. The maximum absolute atomic E-state index is 13.8. The molecule has 0 saturated heterocycles. The molecule has 0 fully saturated rings. The summed E-state index contributed by atoms with van der Waals surface area (Å²) < 4.78 is 48.4. The second-order valence-electron chi connectivity index (χ2n) is 10.1. The zero-order chi connectivity index (χ0) is 28.8. The molecule has 1 aliphatic rings. The second-order valence-corrected chi connectivity index (χ2v) is 10.1. The normalized spacial score (nSPS) is 16.8. The number of alkyl halides is 3. The molecule has 4 aromatic rings. The van der Waals surface area contributed by atoms with Crippen molar-refractivity contribution in [3.05, 3.63) is 76.0 Å². The van der Waals surface area contributed by atoms with Crippen LogP contribution in [0.4, 0.5) is 13.2 Å². The van der Waals surface area contributed by atoms with E-state index in [1.54, 1.807) is 16.6 Å². The van der Waals surface area contributed by atoms with Crippen molar-refractivity contribution in [3.63, 3.8) is 0 Å². The second kappa shape index (κ2) is 10.4. The molecule has 2 aromatic carbocycles. The highest BCUT2D eigenvalue weighted by Gasteiger charge is 2.44. The number of carboxylic acids is 1. The molecular weight excluding hydrogens is 527 g/mol. The Morgan fingerprint density at radius 3 is 2.67 bits per heavy atom. The van der Waals surface area contributed by atoms with Crippen LogP contribution in [-0.4, -0.2) is 59.9 Å². The third-order valence-corrected chi connectivity index (χ3v) is 7.35. The number of carbonyl (C=O) groups is 1. The summed E-state index contributed by atoms with van der Waals surface area (Å²) in [6, 6.07) is 11.8. The van der Waals surface area contributed by atoms with E-state index in [0.29, 0.717) is 5.52 Å². The fourth-order valence-electron chi connectivity index (χ4n) is 5.22. The van der Waals surface area contributed by atoms with Crippen molar-refractivity contribution in [1.82, 2.24) is 24.9 Å². The van der Waals surface area contributed by atoms with E-state index in [1.807, 2.05) is 44.2 Å². The van der Waals surface area contributed by atoms with Crippen molar-refractivity contribution in [3.8, 4) is 11.6 Å². The first-order chi connectivity index (χ1) is 18.9. The summed E-state index contributed by atoms with van der Waals surface area (Å²) in [5.41, 5.74) is 5.63. The summed E-state index contributed by atoms with van der Waals surface area (Å²) in [5, 5.41) is 27.9. The van der Waals surface area contributed by atoms with Crippen molar-refractivity contribution in [1.29, 1.82) is 0 Å². The molecule has 2 atom stereocenters. The average molecular weight is 556 g/mol. The predicted molar refractivity (Wildman–Crippen MR) is 139 cm³/mol. The number of ether oxygens (including phenoxy) is 1. The van der Waals surface area contributed by atoms with Crippen LogP contribution in [0.25, 0.3) is 11.0 Å². The van der Waals surface area contributed by atoms with E-state index in [1.165, 1.54) is 12.1 Å². The molecule has 1 aliphatic heterocycles. The minimum Gasteiger partial charge on any atom is -0.493 e. The van der Waals surface area contributed by atoms with E-state index in [-0.39, 0.29) is 36.8 Å².